The quantitative estimate of drug-likeness (QED) is 0.850. The molecule has 110 valence electrons. The summed E-state index contributed by atoms with van der Waals surface area (Å²) in [6.07, 6.45) is -3.48. The lowest BCUT2D eigenvalue weighted by molar-refractivity contribution is -0.143. The van der Waals surface area contributed by atoms with Gasteiger partial charge in [0.05, 0.1) is 12.7 Å². The molecule has 1 aromatic rings. The average molecular weight is 287 g/mol. The summed E-state index contributed by atoms with van der Waals surface area (Å²) < 4.78 is 43.7. The molecule has 2 atom stereocenters. The van der Waals surface area contributed by atoms with Crippen molar-refractivity contribution < 1.29 is 22.7 Å². The molecule has 3 nitrogen and oxygen atoms in total. The Morgan fingerprint density at radius 2 is 2.05 bits per heavy atom. The van der Waals surface area contributed by atoms with Crippen LogP contribution in [0.15, 0.2) is 24.3 Å². The van der Waals surface area contributed by atoms with E-state index in [-0.39, 0.29) is 11.5 Å². The van der Waals surface area contributed by atoms with Crippen molar-refractivity contribution in [3.05, 3.63) is 35.4 Å². The van der Waals surface area contributed by atoms with E-state index < -0.39 is 23.8 Å². The van der Waals surface area contributed by atoms with Crippen LogP contribution in [0, 0.1) is 0 Å². The summed E-state index contributed by atoms with van der Waals surface area (Å²) >= 11 is 0. The number of carbonyl (C=O) groups excluding carboxylic acids is 1. The van der Waals surface area contributed by atoms with Gasteiger partial charge in [-0.05, 0) is 36.9 Å². The van der Waals surface area contributed by atoms with E-state index in [1.54, 1.807) is 6.07 Å². The third kappa shape index (κ3) is 3.12. The van der Waals surface area contributed by atoms with E-state index in [4.69, 9.17) is 0 Å². The minimum Gasteiger partial charge on any atom is -0.468 e. The Hall–Kier alpha value is -1.56. The number of carbonyl (C=O) groups is 1. The summed E-state index contributed by atoms with van der Waals surface area (Å²) in [4.78, 5) is 11.5. The zero-order valence-corrected chi connectivity index (χ0v) is 11.0. The molecule has 0 aliphatic carbocycles. The van der Waals surface area contributed by atoms with Gasteiger partial charge in [-0.3, -0.25) is 4.79 Å². The second-order valence-electron chi connectivity index (χ2n) is 4.84. The first-order chi connectivity index (χ1) is 9.43. The summed E-state index contributed by atoms with van der Waals surface area (Å²) in [6, 6.07) is 5.02. The molecule has 2 rings (SSSR count). The van der Waals surface area contributed by atoms with Gasteiger partial charge in [-0.15, -0.1) is 0 Å². The van der Waals surface area contributed by atoms with Crippen molar-refractivity contribution in [1.82, 2.24) is 5.32 Å². The number of methoxy groups -OCH3 is 1. The molecule has 1 fully saturated rings. The fourth-order valence-electron chi connectivity index (χ4n) is 2.63. The van der Waals surface area contributed by atoms with E-state index in [1.165, 1.54) is 19.2 Å². The zero-order chi connectivity index (χ0) is 14.8. The molecule has 1 heterocycles. The lowest BCUT2D eigenvalue weighted by Crippen LogP contribution is -2.43. The van der Waals surface area contributed by atoms with Gasteiger partial charge in [-0.1, -0.05) is 18.2 Å². The summed E-state index contributed by atoms with van der Waals surface area (Å²) in [5.74, 6) is -0.725. The van der Waals surface area contributed by atoms with Gasteiger partial charge >= 0.3 is 12.1 Å². The number of esters is 1. The maximum Gasteiger partial charge on any atom is 0.416 e. The van der Waals surface area contributed by atoms with Gasteiger partial charge in [0.2, 0.25) is 0 Å². The molecule has 0 aromatic heterocycles. The third-order valence-electron chi connectivity index (χ3n) is 3.60. The molecule has 2 unspecified atom stereocenters. The molecular formula is C14H16F3NO2. The van der Waals surface area contributed by atoms with Crippen molar-refractivity contribution in [1.29, 1.82) is 0 Å². The molecule has 20 heavy (non-hydrogen) atoms. The minimum absolute atomic E-state index is 0.260. The SMILES string of the molecule is COC(=O)C1CC(c2ccccc2C(F)(F)F)CCN1. The number of piperidine rings is 1. The molecule has 0 amide bonds. The number of hydrogen-bond donors (Lipinski definition) is 1. The van der Waals surface area contributed by atoms with Crippen LogP contribution in [0.2, 0.25) is 0 Å². The van der Waals surface area contributed by atoms with E-state index in [9.17, 15) is 18.0 Å². The Kier molecular flexibility index (Phi) is 4.32. The highest BCUT2D eigenvalue weighted by Gasteiger charge is 2.37. The summed E-state index contributed by atoms with van der Waals surface area (Å²) in [6.45, 7) is 0.497. The van der Waals surface area contributed by atoms with Crippen LogP contribution in [-0.2, 0) is 15.7 Å². The van der Waals surface area contributed by atoms with Gasteiger partial charge in [-0.25, -0.2) is 0 Å². The fourth-order valence-corrected chi connectivity index (χ4v) is 2.63. The minimum atomic E-state index is -4.37. The van der Waals surface area contributed by atoms with Crippen LogP contribution >= 0.6 is 0 Å². The van der Waals surface area contributed by atoms with E-state index >= 15 is 0 Å². The Morgan fingerprint density at radius 1 is 1.35 bits per heavy atom. The summed E-state index contributed by atoms with van der Waals surface area (Å²) in [5, 5.41) is 2.97. The molecule has 1 aliphatic heterocycles. The number of ether oxygens (including phenoxy) is 1. The lowest BCUT2D eigenvalue weighted by atomic mass is 9.84. The fraction of sp³-hybridized carbons (Fsp3) is 0.500. The zero-order valence-electron chi connectivity index (χ0n) is 11.0. The van der Waals surface area contributed by atoms with Gasteiger partial charge in [0.15, 0.2) is 0 Å². The molecule has 1 saturated heterocycles. The van der Waals surface area contributed by atoms with Crippen LogP contribution in [0.4, 0.5) is 13.2 Å². The maximum absolute atomic E-state index is 13.0. The van der Waals surface area contributed by atoms with Crippen LogP contribution in [0.25, 0.3) is 0 Å². The molecule has 6 heteroatoms. The monoisotopic (exact) mass is 287 g/mol. The first kappa shape index (κ1) is 14.8. The largest absolute Gasteiger partial charge is 0.468 e. The number of halogens is 3. The standard InChI is InChI=1S/C14H16F3NO2/c1-20-13(19)12-8-9(6-7-18-12)10-4-2-3-5-11(10)14(15,16)17/h2-5,9,12,18H,6-8H2,1H3. The second-order valence-corrected chi connectivity index (χ2v) is 4.84. The summed E-state index contributed by atoms with van der Waals surface area (Å²) in [5.41, 5.74) is -0.356. The topological polar surface area (TPSA) is 38.3 Å². The number of nitrogens with one attached hydrogen (secondary N) is 1. The smallest absolute Gasteiger partial charge is 0.416 e. The molecule has 0 bridgehead atoms. The maximum atomic E-state index is 13.0. The van der Waals surface area contributed by atoms with E-state index in [2.05, 4.69) is 10.1 Å². The Labute approximate surface area is 115 Å². The van der Waals surface area contributed by atoms with Crippen LogP contribution in [0.3, 0.4) is 0 Å². The number of benzene rings is 1. The van der Waals surface area contributed by atoms with Crippen molar-refractivity contribution in [2.45, 2.75) is 31.0 Å². The Bertz CT molecular complexity index is 488. The number of hydrogen-bond acceptors (Lipinski definition) is 3. The predicted molar refractivity (Wildman–Crippen MR) is 67.2 cm³/mol. The van der Waals surface area contributed by atoms with Crippen molar-refractivity contribution in [3.8, 4) is 0 Å². The van der Waals surface area contributed by atoms with E-state index in [0.29, 0.717) is 19.4 Å². The third-order valence-corrected chi connectivity index (χ3v) is 3.60. The average Bonchev–Trinajstić information content (AvgIpc) is 2.45. The molecule has 0 spiro atoms. The van der Waals surface area contributed by atoms with Gasteiger partial charge in [0.1, 0.15) is 6.04 Å². The second kappa shape index (κ2) is 5.83. The molecule has 0 saturated carbocycles. The van der Waals surface area contributed by atoms with Crippen molar-refractivity contribution >= 4 is 5.97 Å². The molecule has 1 aromatic carbocycles. The Balaban J connectivity index is 2.26. The van der Waals surface area contributed by atoms with Gasteiger partial charge in [0.25, 0.3) is 0 Å². The Morgan fingerprint density at radius 3 is 2.70 bits per heavy atom. The molecule has 0 radical (unpaired) electrons. The van der Waals surface area contributed by atoms with Crippen LogP contribution < -0.4 is 5.32 Å². The summed E-state index contributed by atoms with van der Waals surface area (Å²) in [7, 11) is 1.28. The number of alkyl halides is 3. The van der Waals surface area contributed by atoms with Crippen molar-refractivity contribution in [3.63, 3.8) is 0 Å². The van der Waals surface area contributed by atoms with E-state index in [0.717, 1.165) is 6.07 Å². The first-order valence-corrected chi connectivity index (χ1v) is 6.41. The number of rotatable bonds is 2. The molecular weight excluding hydrogens is 271 g/mol. The van der Waals surface area contributed by atoms with Crippen molar-refractivity contribution in [2.75, 3.05) is 13.7 Å². The predicted octanol–water partition coefficient (Wildman–Crippen LogP) is 2.71. The van der Waals surface area contributed by atoms with Gasteiger partial charge in [-0.2, -0.15) is 13.2 Å². The van der Waals surface area contributed by atoms with Gasteiger partial charge in [0, 0.05) is 0 Å². The highest BCUT2D eigenvalue weighted by atomic mass is 19.4. The molecule has 1 N–H and O–H groups in total. The van der Waals surface area contributed by atoms with Crippen LogP contribution in [-0.4, -0.2) is 25.7 Å². The van der Waals surface area contributed by atoms with Crippen molar-refractivity contribution in [2.24, 2.45) is 0 Å². The highest BCUT2D eigenvalue weighted by Crippen LogP contribution is 2.38. The van der Waals surface area contributed by atoms with E-state index in [1.807, 2.05) is 0 Å². The lowest BCUT2D eigenvalue weighted by Gasteiger charge is -2.30. The highest BCUT2D eigenvalue weighted by molar-refractivity contribution is 5.75. The normalized spacial score (nSPS) is 23.4. The van der Waals surface area contributed by atoms with Gasteiger partial charge < -0.3 is 10.1 Å². The van der Waals surface area contributed by atoms with Crippen LogP contribution in [0.1, 0.15) is 29.9 Å². The first-order valence-electron chi connectivity index (χ1n) is 6.41. The van der Waals surface area contributed by atoms with Crippen LogP contribution in [0.5, 0.6) is 0 Å². The molecule has 1 aliphatic rings.